The molecule has 0 aliphatic rings. The van der Waals surface area contributed by atoms with Crippen LogP contribution < -0.4 is 10.1 Å². The molecule has 21 heavy (non-hydrogen) atoms. The zero-order valence-electron chi connectivity index (χ0n) is 13.1. The molecule has 1 amide bonds. The van der Waals surface area contributed by atoms with Gasteiger partial charge in [-0.3, -0.25) is 0 Å². The molecular formula is C16H23NO3S. The van der Waals surface area contributed by atoms with E-state index in [1.54, 1.807) is 11.8 Å². The topological polar surface area (TPSA) is 47.6 Å². The van der Waals surface area contributed by atoms with Crippen molar-refractivity contribution in [2.45, 2.75) is 37.7 Å². The summed E-state index contributed by atoms with van der Waals surface area (Å²) in [5.74, 6) is 1.35. The van der Waals surface area contributed by atoms with Gasteiger partial charge in [0.2, 0.25) is 0 Å². The molecule has 0 atom stereocenters. The molecule has 4 nitrogen and oxygen atoms in total. The maximum absolute atomic E-state index is 11.5. The van der Waals surface area contributed by atoms with Gasteiger partial charge in [-0.25, -0.2) is 4.79 Å². The minimum Gasteiger partial charge on any atom is -0.462 e. The van der Waals surface area contributed by atoms with Crippen LogP contribution in [0.3, 0.4) is 0 Å². The number of ether oxygens (including phenoxy) is 2. The lowest BCUT2D eigenvalue weighted by Gasteiger charge is -2.19. The molecule has 0 radical (unpaired) electrons. The fraction of sp³-hybridized carbons (Fsp3) is 0.438. The second-order valence-electron chi connectivity index (χ2n) is 5.49. The van der Waals surface area contributed by atoms with E-state index in [1.807, 2.05) is 51.3 Å². The Bertz CT molecular complexity index is 477. The lowest BCUT2D eigenvalue weighted by molar-refractivity contribution is 0.0527. The van der Waals surface area contributed by atoms with Gasteiger partial charge in [-0.1, -0.05) is 6.58 Å². The predicted octanol–water partition coefficient (Wildman–Crippen LogP) is 4.22. The van der Waals surface area contributed by atoms with E-state index in [0.29, 0.717) is 18.7 Å². The van der Waals surface area contributed by atoms with Gasteiger partial charge in [-0.2, -0.15) is 0 Å². The van der Waals surface area contributed by atoms with Crippen LogP contribution in [0.2, 0.25) is 0 Å². The van der Waals surface area contributed by atoms with E-state index in [9.17, 15) is 4.79 Å². The minimum absolute atomic E-state index is 0.427. The molecular weight excluding hydrogens is 286 g/mol. The SMILES string of the molecule is C=C(CCNC(=O)OC(C)(C)C)Oc1ccc(SC)cc1. The van der Waals surface area contributed by atoms with Gasteiger partial charge in [-0.15, -0.1) is 11.8 Å². The van der Waals surface area contributed by atoms with E-state index in [0.717, 1.165) is 5.75 Å². The molecule has 0 aliphatic heterocycles. The summed E-state index contributed by atoms with van der Waals surface area (Å²) in [4.78, 5) is 12.6. The highest BCUT2D eigenvalue weighted by molar-refractivity contribution is 7.98. The summed E-state index contributed by atoms with van der Waals surface area (Å²) in [6.45, 7) is 9.75. The number of alkyl carbamates (subject to hydrolysis) is 1. The van der Waals surface area contributed by atoms with Crippen LogP contribution in [0.4, 0.5) is 4.79 Å². The van der Waals surface area contributed by atoms with Crippen molar-refractivity contribution in [3.63, 3.8) is 0 Å². The highest BCUT2D eigenvalue weighted by atomic mass is 32.2. The van der Waals surface area contributed by atoms with Crippen molar-refractivity contribution in [2.75, 3.05) is 12.8 Å². The zero-order valence-corrected chi connectivity index (χ0v) is 13.9. The summed E-state index contributed by atoms with van der Waals surface area (Å²) < 4.78 is 10.7. The first-order valence-electron chi connectivity index (χ1n) is 6.77. The number of hydrogen-bond acceptors (Lipinski definition) is 4. The monoisotopic (exact) mass is 309 g/mol. The number of benzene rings is 1. The van der Waals surface area contributed by atoms with Crippen molar-refractivity contribution in [1.82, 2.24) is 5.32 Å². The van der Waals surface area contributed by atoms with Crippen molar-refractivity contribution in [2.24, 2.45) is 0 Å². The van der Waals surface area contributed by atoms with Crippen molar-refractivity contribution < 1.29 is 14.3 Å². The molecule has 0 bridgehead atoms. The third kappa shape index (κ3) is 7.66. The quantitative estimate of drug-likeness (QED) is 0.631. The minimum atomic E-state index is -0.489. The molecule has 5 heteroatoms. The second-order valence-corrected chi connectivity index (χ2v) is 6.37. The lowest BCUT2D eigenvalue weighted by atomic mass is 10.2. The van der Waals surface area contributed by atoms with Gasteiger partial charge < -0.3 is 14.8 Å². The van der Waals surface area contributed by atoms with Gasteiger partial charge >= 0.3 is 6.09 Å². The summed E-state index contributed by atoms with van der Waals surface area (Å²) in [5.41, 5.74) is -0.489. The first-order chi connectivity index (χ1) is 9.80. The van der Waals surface area contributed by atoms with Crippen molar-refractivity contribution in [3.8, 4) is 5.75 Å². The molecule has 116 valence electrons. The second kappa shape index (κ2) is 7.98. The number of hydrogen-bond donors (Lipinski definition) is 1. The highest BCUT2D eigenvalue weighted by Crippen LogP contribution is 2.20. The standard InChI is InChI=1S/C16H23NO3S/c1-12(10-11-17-15(18)20-16(2,3)4)19-13-6-8-14(21-5)9-7-13/h6-9H,1,10-11H2,2-5H3,(H,17,18). The Balaban J connectivity index is 2.29. The number of thioether (sulfide) groups is 1. The average molecular weight is 309 g/mol. The first-order valence-corrected chi connectivity index (χ1v) is 7.99. The Kier molecular flexibility index (Phi) is 6.62. The van der Waals surface area contributed by atoms with Gasteiger partial charge in [0.05, 0.1) is 5.76 Å². The smallest absolute Gasteiger partial charge is 0.407 e. The van der Waals surface area contributed by atoms with Gasteiger partial charge in [0.1, 0.15) is 11.4 Å². The molecule has 1 rings (SSSR count). The zero-order chi connectivity index (χ0) is 15.9. The van der Waals surface area contributed by atoms with Gasteiger partial charge in [-0.05, 0) is 51.3 Å². The molecule has 1 N–H and O–H groups in total. The van der Waals surface area contributed by atoms with E-state index in [1.165, 1.54) is 4.90 Å². The fourth-order valence-corrected chi connectivity index (χ4v) is 1.89. The normalized spacial score (nSPS) is 10.9. The highest BCUT2D eigenvalue weighted by Gasteiger charge is 2.15. The third-order valence-corrected chi connectivity index (χ3v) is 3.14. The van der Waals surface area contributed by atoms with E-state index in [2.05, 4.69) is 11.9 Å². The number of amides is 1. The van der Waals surface area contributed by atoms with Crippen LogP contribution in [0, 0.1) is 0 Å². The predicted molar refractivity (Wildman–Crippen MR) is 86.8 cm³/mol. The van der Waals surface area contributed by atoms with Crippen LogP contribution >= 0.6 is 11.8 Å². The molecule has 1 aromatic rings. The van der Waals surface area contributed by atoms with Crippen molar-refractivity contribution in [3.05, 3.63) is 36.6 Å². The van der Waals surface area contributed by atoms with E-state index < -0.39 is 11.7 Å². The summed E-state index contributed by atoms with van der Waals surface area (Å²) in [6, 6.07) is 7.79. The van der Waals surface area contributed by atoms with Crippen LogP contribution in [-0.2, 0) is 4.74 Å². The maximum atomic E-state index is 11.5. The van der Waals surface area contributed by atoms with Crippen molar-refractivity contribution >= 4 is 17.9 Å². The Morgan fingerprint density at radius 2 is 1.90 bits per heavy atom. The molecule has 0 saturated carbocycles. The van der Waals surface area contributed by atoms with E-state index in [-0.39, 0.29) is 0 Å². The Morgan fingerprint density at radius 3 is 2.43 bits per heavy atom. The summed E-state index contributed by atoms with van der Waals surface area (Å²) in [7, 11) is 0. The Hall–Kier alpha value is -1.62. The summed E-state index contributed by atoms with van der Waals surface area (Å²) >= 11 is 1.68. The first kappa shape index (κ1) is 17.4. The Labute approximate surface area is 130 Å². The van der Waals surface area contributed by atoms with Gasteiger partial charge in [0.15, 0.2) is 0 Å². The molecule has 0 unspecified atom stereocenters. The van der Waals surface area contributed by atoms with Crippen LogP contribution in [0.5, 0.6) is 5.75 Å². The van der Waals surface area contributed by atoms with Crippen LogP contribution in [0.1, 0.15) is 27.2 Å². The van der Waals surface area contributed by atoms with Gasteiger partial charge in [0, 0.05) is 17.9 Å². The van der Waals surface area contributed by atoms with E-state index >= 15 is 0 Å². The molecule has 0 aliphatic carbocycles. The number of carbonyl (C=O) groups is 1. The van der Waals surface area contributed by atoms with E-state index in [4.69, 9.17) is 9.47 Å². The number of rotatable bonds is 6. The summed E-state index contributed by atoms with van der Waals surface area (Å²) in [5, 5.41) is 2.67. The largest absolute Gasteiger partial charge is 0.462 e. The number of nitrogens with one attached hydrogen (secondary N) is 1. The molecule has 0 spiro atoms. The van der Waals surface area contributed by atoms with Crippen LogP contribution in [0.15, 0.2) is 41.5 Å². The molecule has 1 aromatic carbocycles. The lowest BCUT2D eigenvalue weighted by Crippen LogP contribution is -2.33. The number of carbonyl (C=O) groups excluding carboxylic acids is 1. The fourth-order valence-electron chi connectivity index (χ4n) is 1.48. The van der Waals surface area contributed by atoms with Gasteiger partial charge in [0.25, 0.3) is 0 Å². The van der Waals surface area contributed by atoms with Crippen LogP contribution in [0.25, 0.3) is 0 Å². The average Bonchev–Trinajstić information content (AvgIpc) is 2.37. The van der Waals surface area contributed by atoms with Crippen molar-refractivity contribution in [1.29, 1.82) is 0 Å². The maximum Gasteiger partial charge on any atom is 0.407 e. The summed E-state index contributed by atoms with van der Waals surface area (Å²) in [6.07, 6.45) is 2.13. The molecule has 0 aromatic heterocycles. The third-order valence-electron chi connectivity index (χ3n) is 2.39. The van der Waals surface area contributed by atoms with Crippen LogP contribution in [-0.4, -0.2) is 24.5 Å². The molecule has 0 saturated heterocycles. The molecule has 0 heterocycles. The molecule has 0 fully saturated rings. The Morgan fingerprint density at radius 1 is 1.29 bits per heavy atom.